The molecule has 1 saturated heterocycles. The zero-order chi connectivity index (χ0) is 22.7. The van der Waals surface area contributed by atoms with Crippen LogP contribution in [0.3, 0.4) is 0 Å². The van der Waals surface area contributed by atoms with Crippen molar-refractivity contribution in [2.24, 2.45) is 4.99 Å². The molecule has 8 nitrogen and oxygen atoms in total. The molecule has 1 N–H and O–H groups in total. The Hall–Kier alpha value is -2.78. The van der Waals surface area contributed by atoms with Gasteiger partial charge in [0.05, 0.1) is 18.0 Å². The van der Waals surface area contributed by atoms with Crippen LogP contribution in [0.25, 0.3) is 0 Å². The minimum absolute atomic E-state index is 0.119. The second kappa shape index (κ2) is 9.38. The van der Waals surface area contributed by atoms with Crippen molar-refractivity contribution in [3.05, 3.63) is 53.6 Å². The van der Waals surface area contributed by atoms with Gasteiger partial charge < -0.3 is 15.1 Å². The summed E-state index contributed by atoms with van der Waals surface area (Å²) in [4.78, 5) is 20.5. The molecule has 2 aliphatic heterocycles. The van der Waals surface area contributed by atoms with Crippen molar-refractivity contribution < 1.29 is 13.2 Å². The SMILES string of the molecule is CCC(=O)Nc1ccc(S(=O)(=O)N2CCN=C2N2CCN(c3cccc(Cl)c3)CC2)cc1. The summed E-state index contributed by atoms with van der Waals surface area (Å²) in [7, 11) is -3.74. The van der Waals surface area contributed by atoms with Gasteiger partial charge in [-0.3, -0.25) is 9.79 Å². The lowest BCUT2D eigenvalue weighted by Crippen LogP contribution is -2.53. The number of hydrogen-bond acceptors (Lipinski definition) is 6. The Morgan fingerprint density at radius 2 is 1.72 bits per heavy atom. The molecule has 0 aliphatic carbocycles. The third-order valence-corrected chi connectivity index (χ3v) is 7.59. The molecule has 0 atom stereocenters. The fourth-order valence-corrected chi connectivity index (χ4v) is 5.46. The number of carbonyl (C=O) groups excluding carboxylic acids is 1. The molecule has 10 heteroatoms. The van der Waals surface area contributed by atoms with E-state index in [-0.39, 0.29) is 10.8 Å². The number of benzene rings is 2. The number of anilines is 2. The molecule has 0 unspecified atom stereocenters. The van der Waals surface area contributed by atoms with E-state index in [1.54, 1.807) is 19.1 Å². The molecule has 0 radical (unpaired) electrons. The molecule has 2 heterocycles. The van der Waals surface area contributed by atoms with Crippen LogP contribution in [0.1, 0.15) is 13.3 Å². The van der Waals surface area contributed by atoms with E-state index in [4.69, 9.17) is 11.6 Å². The fourth-order valence-electron chi connectivity index (χ4n) is 3.83. The van der Waals surface area contributed by atoms with Crippen molar-refractivity contribution in [1.82, 2.24) is 9.21 Å². The summed E-state index contributed by atoms with van der Waals surface area (Å²) in [5.41, 5.74) is 1.63. The second-order valence-corrected chi connectivity index (χ2v) is 9.94. The lowest BCUT2D eigenvalue weighted by Gasteiger charge is -2.38. The third kappa shape index (κ3) is 4.68. The first-order valence-corrected chi connectivity index (χ1v) is 12.4. The predicted molar refractivity (Wildman–Crippen MR) is 127 cm³/mol. The molecule has 0 bridgehead atoms. The van der Waals surface area contributed by atoms with Gasteiger partial charge >= 0.3 is 0 Å². The highest BCUT2D eigenvalue weighted by Crippen LogP contribution is 2.24. The van der Waals surface area contributed by atoms with Crippen molar-refractivity contribution in [1.29, 1.82) is 0 Å². The monoisotopic (exact) mass is 475 g/mol. The van der Waals surface area contributed by atoms with Crippen molar-refractivity contribution >= 4 is 44.9 Å². The van der Waals surface area contributed by atoms with E-state index in [2.05, 4.69) is 15.2 Å². The Bertz CT molecular complexity index is 1110. The van der Waals surface area contributed by atoms with Gasteiger partial charge in [0, 0.05) is 49.0 Å². The van der Waals surface area contributed by atoms with Crippen molar-refractivity contribution in [2.75, 3.05) is 49.5 Å². The fraction of sp³-hybridized carbons (Fsp3) is 0.364. The van der Waals surface area contributed by atoms with Crippen molar-refractivity contribution in [3.8, 4) is 0 Å². The maximum atomic E-state index is 13.3. The van der Waals surface area contributed by atoms with Gasteiger partial charge in [-0.15, -0.1) is 0 Å². The zero-order valence-electron chi connectivity index (χ0n) is 17.9. The third-order valence-electron chi connectivity index (χ3n) is 5.56. The van der Waals surface area contributed by atoms with Crippen LogP contribution in [-0.2, 0) is 14.8 Å². The highest BCUT2D eigenvalue weighted by molar-refractivity contribution is 7.89. The minimum Gasteiger partial charge on any atom is -0.368 e. The maximum absolute atomic E-state index is 13.3. The molecule has 32 heavy (non-hydrogen) atoms. The summed E-state index contributed by atoms with van der Waals surface area (Å²) in [5.74, 6) is 0.380. The van der Waals surface area contributed by atoms with Gasteiger partial charge in [0.2, 0.25) is 11.9 Å². The first kappa shape index (κ1) is 22.4. The predicted octanol–water partition coefficient (Wildman–Crippen LogP) is 2.87. The van der Waals surface area contributed by atoms with Crippen LogP contribution in [0.2, 0.25) is 5.02 Å². The quantitative estimate of drug-likeness (QED) is 0.718. The number of nitrogens with one attached hydrogen (secondary N) is 1. The average molecular weight is 476 g/mol. The van der Waals surface area contributed by atoms with Crippen LogP contribution in [-0.4, -0.2) is 68.8 Å². The summed E-state index contributed by atoms with van der Waals surface area (Å²) in [5, 5.41) is 3.43. The van der Waals surface area contributed by atoms with E-state index in [1.165, 1.54) is 16.4 Å². The van der Waals surface area contributed by atoms with Crippen LogP contribution in [0.5, 0.6) is 0 Å². The number of nitrogens with zero attached hydrogens (tertiary/aromatic N) is 4. The molecular formula is C22H26ClN5O3S. The van der Waals surface area contributed by atoms with Gasteiger partial charge in [-0.05, 0) is 42.5 Å². The van der Waals surface area contributed by atoms with Crippen molar-refractivity contribution in [3.63, 3.8) is 0 Å². The molecule has 1 amide bonds. The number of piperazine rings is 1. The first-order chi connectivity index (χ1) is 15.4. The van der Waals surface area contributed by atoms with Gasteiger partial charge in [-0.1, -0.05) is 24.6 Å². The lowest BCUT2D eigenvalue weighted by molar-refractivity contribution is -0.115. The summed E-state index contributed by atoms with van der Waals surface area (Å²) in [6, 6.07) is 14.0. The smallest absolute Gasteiger partial charge is 0.266 e. The average Bonchev–Trinajstić information content (AvgIpc) is 3.30. The molecule has 4 rings (SSSR count). The number of amides is 1. The van der Waals surface area contributed by atoms with Gasteiger partial charge in [-0.25, -0.2) is 12.7 Å². The standard InChI is InChI=1S/C22H26ClN5O3S/c1-2-21(29)25-18-6-8-20(9-7-18)32(30,31)28-11-10-24-22(28)27-14-12-26(13-15-27)19-5-3-4-17(23)16-19/h3-9,16H,2,10-15H2,1H3,(H,25,29). The molecule has 170 valence electrons. The lowest BCUT2D eigenvalue weighted by atomic mass is 10.2. The Kier molecular flexibility index (Phi) is 6.57. The molecule has 0 spiro atoms. The van der Waals surface area contributed by atoms with E-state index in [9.17, 15) is 13.2 Å². The van der Waals surface area contributed by atoms with Crippen LogP contribution in [0.15, 0.2) is 58.4 Å². The summed E-state index contributed by atoms with van der Waals surface area (Å²) in [6.45, 7) is 5.35. The number of rotatable bonds is 5. The summed E-state index contributed by atoms with van der Waals surface area (Å²) < 4.78 is 28.0. The molecule has 0 saturated carbocycles. The molecule has 2 aromatic rings. The van der Waals surface area contributed by atoms with E-state index in [1.807, 2.05) is 29.2 Å². The largest absolute Gasteiger partial charge is 0.368 e. The Morgan fingerprint density at radius 1 is 1.03 bits per heavy atom. The highest BCUT2D eigenvalue weighted by Gasteiger charge is 2.35. The van der Waals surface area contributed by atoms with Crippen LogP contribution < -0.4 is 10.2 Å². The Morgan fingerprint density at radius 3 is 2.38 bits per heavy atom. The Labute approximate surface area is 193 Å². The van der Waals surface area contributed by atoms with Gasteiger partial charge in [0.15, 0.2) is 0 Å². The molecule has 1 fully saturated rings. The van der Waals surface area contributed by atoms with Gasteiger partial charge in [0.1, 0.15) is 0 Å². The first-order valence-electron chi connectivity index (χ1n) is 10.6. The second-order valence-electron chi connectivity index (χ2n) is 7.64. The minimum atomic E-state index is -3.74. The number of guanidine groups is 1. The molecular weight excluding hydrogens is 450 g/mol. The number of halogens is 1. The number of hydrogen-bond donors (Lipinski definition) is 1. The number of aliphatic imine (C=N–C) groups is 1. The highest BCUT2D eigenvalue weighted by atomic mass is 35.5. The van der Waals surface area contributed by atoms with Crippen LogP contribution >= 0.6 is 11.6 Å². The molecule has 0 aromatic heterocycles. The topological polar surface area (TPSA) is 85.3 Å². The van der Waals surface area contributed by atoms with Gasteiger partial charge in [-0.2, -0.15) is 0 Å². The van der Waals surface area contributed by atoms with E-state index in [0.29, 0.717) is 49.3 Å². The number of carbonyl (C=O) groups is 1. The maximum Gasteiger partial charge on any atom is 0.266 e. The van der Waals surface area contributed by atoms with Gasteiger partial charge in [0.25, 0.3) is 10.0 Å². The normalized spacial score (nSPS) is 16.8. The summed E-state index contributed by atoms with van der Waals surface area (Å²) in [6.07, 6.45) is 0.359. The molecule has 2 aromatic carbocycles. The molecule has 2 aliphatic rings. The van der Waals surface area contributed by atoms with E-state index < -0.39 is 10.0 Å². The Balaban J connectivity index is 1.44. The number of sulfonamides is 1. The van der Waals surface area contributed by atoms with E-state index >= 15 is 0 Å². The van der Waals surface area contributed by atoms with Crippen LogP contribution in [0.4, 0.5) is 11.4 Å². The zero-order valence-corrected chi connectivity index (χ0v) is 19.4. The van der Waals surface area contributed by atoms with E-state index in [0.717, 1.165) is 18.8 Å². The summed E-state index contributed by atoms with van der Waals surface area (Å²) >= 11 is 6.12. The van der Waals surface area contributed by atoms with Crippen molar-refractivity contribution in [2.45, 2.75) is 18.2 Å². The van der Waals surface area contributed by atoms with Crippen LogP contribution in [0, 0.1) is 0 Å².